The first kappa shape index (κ1) is 11.3. The fourth-order valence-electron chi connectivity index (χ4n) is 1.06. The summed E-state index contributed by atoms with van der Waals surface area (Å²) in [7, 11) is 0. The number of primary amides is 1. The van der Waals surface area contributed by atoms with Crippen molar-refractivity contribution in [2.45, 2.75) is 20.8 Å². The van der Waals surface area contributed by atoms with Crippen LogP contribution in [0.3, 0.4) is 0 Å². The first-order valence-corrected chi connectivity index (χ1v) is 4.82. The molecule has 0 atom stereocenters. The lowest BCUT2D eigenvalue weighted by molar-refractivity contribution is 0.1000. The number of nitrogens with two attached hydrogens (primary N) is 1. The summed E-state index contributed by atoms with van der Waals surface area (Å²) in [5.41, 5.74) is 6.34. The molecule has 0 aromatic heterocycles. The summed E-state index contributed by atoms with van der Waals surface area (Å²) in [6.07, 6.45) is 0. The predicted molar refractivity (Wildman–Crippen MR) is 61.3 cm³/mol. The molecule has 0 fully saturated rings. The van der Waals surface area contributed by atoms with E-state index in [1.165, 1.54) is 0 Å². The SMILES string of the molecule is CC(C)(C)C#Cc1ccccc1C(N)=O. The number of hydrogen-bond acceptors (Lipinski definition) is 1. The highest BCUT2D eigenvalue weighted by Gasteiger charge is 2.06. The molecule has 0 bridgehead atoms. The van der Waals surface area contributed by atoms with Gasteiger partial charge in [-0.05, 0) is 32.9 Å². The molecule has 0 saturated heterocycles. The molecule has 0 saturated carbocycles. The van der Waals surface area contributed by atoms with Crippen molar-refractivity contribution >= 4 is 5.91 Å². The van der Waals surface area contributed by atoms with Crippen LogP contribution in [0.25, 0.3) is 0 Å². The monoisotopic (exact) mass is 201 g/mol. The quantitative estimate of drug-likeness (QED) is 0.695. The van der Waals surface area contributed by atoms with Gasteiger partial charge >= 0.3 is 0 Å². The van der Waals surface area contributed by atoms with Gasteiger partial charge in [0, 0.05) is 11.0 Å². The maximum Gasteiger partial charge on any atom is 0.249 e. The fraction of sp³-hybridized carbons (Fsp3) is 0.308. The summed E-state index contributed by atoms with van der Waals surface area (Å²) >= 11 is 0. The maximum absolute atomic E-state index is 11.1. The van der Waals surface area contributed by atoms with Gasteiger partial charge in [0.1, 0.15) is 0 Å². The van der Waals surface area contributed by atoms with Crippen LogP contribution in [0.15, 0.2) is 24.3 Å². The van der Waals surface area contributed by atoms with Crippen LogP contribution in [-0.4, -0.2) is 5.91 Å². The average Bonchev–Trinajstić information content (AvgIpc) is 2.14. The van der Waals surface area contributed by atoms with Crippen LogP contribution in [0, 0.1) is 17.3 Å². The Balaban J connectivity index is 3.14. The Kier molecular flexibility index (Phi) is 3.16. The zero-order valence-corrected chi connectivity index (χ0v) is 9.29. The van der Waals surface area contributed by atoms with Crippen molar-refractivity contribution in [1.29, 1.82) is 0 Å². The number of benzene rings is 1. The van der Waals surface area contributed by atoms with Crippen LogP contribution in [0.5, 0.6) is 0 Å². The molecule has 0 heterocycles. The Hall–Kier alpha value is -1.75. The second-order valence-corrected chi connectivity index (χ2v) is 4.41. The lowest BCUT2D eigenvalue weighted by Gasteiger charge is -2.07. The van der Waals surface area contributed by atoms with Gasteiger partial charge in [0.2, 0.25) is 5.91 Å². The zero-order valence-electron chi connectivity index (χ0n) is 9.29. The lowest BCUT2D eigenvalue weighted by Crippen LogP contribution is -2.12. The van der Waals surface area contributed by atoms with Crippen molar-refractivity contribution in [2.75, 3.05) is 0 Å². The van der Waals surface area contributed by atoms with Gasteiger partial charge in [0.15, 0.2) is 0 Å². The molecule has 78 valence electrons. The van der Waals surface area contributed by atoms with Crippen molar-refractivity contribution in [2.24, 2.45) is 11.1 Å². The first-order valence-electron chi connectivity index (χ1n) is 4.82. The largest absolute Gasteiger partial charge is 0.366 e. The van der Waals surface area contributed by atoms with E-state index in [2.05, 4.69) is 11.8 Å². The Morgan fingerprint density at radius 3 is 2.40 bits per heavy atom. The molecule has 0 aliphatic carbocycles. The number of amides is 1. The number of carbonyl (C=O) groups excluding carboxylic acids is 1. The highest BCUT2D eigenvalue weighted by Crippen LogP contribution is 2.12. The van der Waals surface area contributed by atoms with E-state index in [0.717, 1.165) is 0 Å². The third-order valence-corrected chi connectivity index (χ3v) is 1.76. The third kappa shape index (κ3) is 3.47. The van der Waals surface area contributed by atoms with Crippen LogP contribution in [0.2, 0.25) is 0 Å². The van der Waals surface area contributed by atoms with Gasteiger partial charge in [-0.1, -0.05) is 24.0 Å². The zero-order chi connectivity index (χ0) is 11.5. The van der Waals surface area contributed by atoms with Crippen molar-refractivity contribution < 1.29 is 4.79 Å². The summed E-state index contributed by atoms with van der Waals surface area (Å²) in [6, 6.07) is 7.12. The van der Waals surface area contributed by atoms with Gasteiger partial charge in [0.25, 0.3) is 0 Å². The van der Waals surface area contributed by atoms with E-state index in [-0.39, 0.29) is 5.41 Å². The molecule has 1 rings (SSSR count). The third-order valence-electron chi connectivity index (χ3n) is 1.76. The van der Waals surface area contributed by atoms with Crippen molar-refractivity contribution in [3.05, 3.63) is 35.4 Å². The van der Waals surface area contributed by atoms with Gasteiger partial charge in [-0.2, -0.15) is 0 Å². The molecule has 0 spiro atoms. The Morgan fingerprint density at radius 1 is 1.27 bits per heavy atom. The topological polar surface area (TPSA) is 43.1 Å². The molecule has 1 aromatic carbocycles. The molecule has 2 N–H and O–H groups in total. The molecule has 0 aliphatic rings. The van der Waals surface area contributed by atoms with Gasteiger partial charge in [-0.15, -0.1) is 0 Å². The van der Waals surface area contributed by atoms with Gasteiger partial charge in [-0.3, -0.25) is 4.79 Å². The Labute approximate surface area is 90.5 Å². The molecule has 2 heteroatoms. The Morgan fingerprint density at radius 2 is 1.87 bits per heavy atom. The maximum atomic E-state index is 11.1. The summed E-state index contributed by atoms with van der Waals surface area (Å²) < 4.78 is 0. The van der Waals surface area contributed by atoms with Gasteiger partial charge in [-0.25, -0.2) is 0 Å². The molecule has 1 amide bonds. The van der Waals surface area contributed by atoms with Gasteiger partial charge < -0.3 is 5.73 Å². The molecule has 15 heavy (non-hydrogen) atoms. The molecule has 2 nitrogen and oxygen atoms in total. The smallest absolute Gasteiger partial charge is 0.249 e. The van der Waals surface area contributed by atoms with E-state index in [1.807, 2.05) is 26.8 Å². The van der Waals surface area contributed by atoms with Crippen LogP contribution in [0.1, 0.15) is 36.7 Å². The van der Waals surface area contributed by atoms with E-state index in [0.29, 0.717) is 11.1 Å². The molecule has 0 unspecified atom stereocenters. The number of carbonyl (C=O) groups is 1. The van der Waals surface area contributed by atoms with Crippen molar-refractivity contribution in [3.8, 4) is 11.8 Å². The summed E-state index contributed by atoms with van der Waals surface area (Å²) in [5, 5.41) is 0. The number of rotatable bonds is 1. The van der Waals surface area contributed by atoms with E-state index in [1.54, 1.807) is 18.2 Å². The minimum Gasteiger partial charge on any atom is -0.366 e. The minimum absolute atomic E-state index is 0.0786. The van der Waals surface area contributed by atoms with Crippen LogP contribution >= 0.6 is 0 Å². The second-order valence-electron chi connectivity index (χ2n) is 4.41. The minimum atomic E-state index is -0.436. The molecule has 0 aliphatic heterocycles. The second kappa shape index (κ2) is 4.18. The van der Waals surface area contributed by atoms with E-state index >= 15 is 0 Å². The molecular formula is C13H15NO. The van der Waals surface area contributed by atoms with E-state index < -0.39 is 5.91 Å². The fourth-order valence-corrected chi connectivity index (χ4v) is 1.06. The van der Waals surface area contributed by atoms with E-state index in [9.17, 15) is 4.79 Å². The summed E-state index contributed by atoms with van der Waals surface area (Å²) in [4.78, 5) is 11.1. The summed E-state index contributed by atoms with van der Waals surface area (Å²) in [5.74, 6) is 5.62. The Bertz CT molecular complexity index is 430. The number of hydrogen-bond donors (Lipinski definition) is 1. The highest BCUT2D eigenvalue weighted by atomic mass is 16.1. The first-order chi connectivity index (χ1) is 6.90. The predicted octanol–water partition coefficient (Wildman–Crippen LogP) is 2.18. The lowest BCUT2D eigenvalue weighted by atomic mass is 9.96. The van der Waals surface area contributed by atoms with Crippen LogP contribution in [0.4, 0.5) is 0 Å². The van der Waals surface area contributed by atoms with Gasteiger partial charge in [0.05, 0.1) is 5.56 Å². The van der Waals surface area contributed by atoms with Crippen LogP contribution < -0.4 is 5.73 Å². The summed E-state index contributed by atoms with van der Waals surface area (Å²) in [6.45, 7) is 6.06. The molecule has 0 radical (unpaired) electrons. The van der Waals surface area contributed by atoms with Crippen molar-refractivity contribution in [1.82, 2.24) is 0 Å². The van der Waals surface area contributed by atoms with Crippen molar-refractivity contribution in [3.63, 3.8) is 0 Å². The van der Waals surface area contributed by atoms with Crippen LogP contribution in [-0.2, 0) is 0 Å². The normalized spacial score (nSPS) is 10.3. The molecule has 1 aromatic rings. The van der Waals surface area contributed by atoms with E-state index in [4.69, 9.17) is 5.73 Å². The molecular weight excluding hydrogens is 186 g/mol. The standard InChI is InChI=1S/C13H15NO/c1-13(2,3)9-8-10-6-4-5-7-11(10)12(14)15/h4-7H,1-3H3,(H2,14,15). The average molecular weight is 201 g/mol. The highest BCUT2D eigenvalue weighted by molar-refractivity contribution is 5.95.